The van der Waals surface area contributed by atoms with Gasteiger partial charge in [0.1, 0.15) is 18.3 Å². The van der Waals surface area contributed by atoms with Gasteiger partial charge in [0.2, 0.25) is 0 Å². The normalized spacial score (nSPS) is 17.8. The maximum Gasteiger partial charge on any atom is 0.469 e. The highest BCUT2D eigenvalue weighted by molar-refractivity contribution is 7.46. The minimum Gasteiger partial charge on any atom is -0.481 e. The van der Waals surface area contributed by atoms with Gasteiger partial charge in [0, 0.05) is 0 Å². The first-order valence-electron chi connectivity index (χ1n) is 4.10. The van der Waals surface area contributed by atoms with Gasteiger partial charge in [-0.25, -0.2) is 4.57 Å². The minimum absolute atomic E-state index is 0.901. The van der Waals surface area contributed by atoms with E-state index in [1.165, 1.54) is 0 Å². The summed E-state index contributed by atoms with van der Waals surface area (Å²) in [5.41, 5.74) is 0. The Bertz CT molecular complexity index is 273. The summed E-state index contributed by atoms with van der Waals surface area (Å²) in [5.74, 6) is -1.48. The van der Waals surface area contributed by atoms with Gasteiger partial charge >= 0.3 is 13.8 Å². The van der Waals surface area contributed by atoms with Crippen LogP contribution in [0.4, 0.5) is 0 Å². The number of aliphatic hydroxyl groups is 3. The van der Waals surface area contributed by atoms with Crippen molar-refractivity contribution in [1.82, 2.24) is 0 Å². The van der Waals surface area contributed by atoms with E-state index in [4.69, 9.17) is 25.1 Å². The van der Waals surface area contributed by atoms with Gasteiger partial charge in [0.25, 0.3) is 0 Å². The Labute approximate surface area is 90.2 Å². The van der Waals surface area contributed by atoms with E-state index >= 15 is 0 Å². The summed E-state index contributed by atoms with van der Waals surface area (Å²) >= 11 is 0. The maximum atomic E-state index is 10.5. The second kappa shape index (κ2) is 6.26. The van der Waals surface area contributed by atoms with Crippen LogP contribution in [0.5, 0.6) is 0 Å². The molecule has 0 heterocycles. The highest BCUT2D eigenvalue weighted by Gasteiger charge is 2.34. The molecule has 9 nitrogen and oxygen atoms in total. The number of carbonyl (C=O) groups is 1. The number of aliphatic carboxylic acids is 1. The molecule has 0 aliphatic carbocycles. The fourth-order valence-corrected chi connectivity index (χ4v) is 1.48. The largest absolute Gasteiger partial charge is 0.481 e. The fourth-order valence-electron chi connectivity index (χ4n) is 0.925. The first-order valence-corrected chi connectivity index (χ1v) is 5.63. The van der Waals surface area contributed by atoms with Gasteiger partial charge in [0.15, 0.2) is 0 Å². The molecule has 0 saturated carbocycles. The third-order valence-electron chi connectivity index (χ3n) is 1.61. The minimum atomic E-state index is -5.00. The van der Waals surface area contributed by atoms with Crippen molar-refractivity contribution >= 4 is 13.8 Å². The summed E-state index contributed by atoms with van der Waals surface area (Å²) in [6.45, 7) is -0.901. The van der Waals surface area contributed by atoms with Crippen LogP contribution in [0.15, 0.2) is 0 Å². The molecule has 96 valence electrons. The Morgan fingerprint density at radius 3 is 2.12 bits per heavy atom. The number of phosphoric ester groups is 1. The van der Waals surface area contributed by atoms with E-state index in [9.17, 15) is 14.5 Å². The number of carboxylic acid groups (broad SMARTS) is 1. The molecule has 0 aromatic rings. The van der Waals surface area contributed by atoms with Gasteiger partial charge in [-0.05, 0) is 0 Å². The summed E-state index contributed by atoms with van der Waals surface area (Å²) in [6, 6.07) is 0. The molecule has 16 heavy (non-hydrogen) atoms. The number of hydrogen-bond donors (Lipinski definition) is 6. The molecule has 10 heteroatoms. The van der Waals surface area contributed by atoms with Crippen LogP contribution in [0.3, 0.4) is 0 Å². The van der Waals surface area contributed by atoms with Crippen LogP contribution < -0.4 is 0 Å². The van der Waals surface area contributed by atoms with Crippen molar-refractivity contribution in [3.05, 3.63) is 0 Å². The zero-order valence-electron chi connectivity index (χ0n) is 8.00. The molecule has 0 aromatic carbocycles. The van der Waals surface area contributed by atoms with Gasteiger partial charge in [-0.15, -0.1) is 0 Å². The standard InChI is InChI=1S/C6H13O9P/c7-2-3(8)6(11)4(1-5(9)10)15-16(12,13)14/h3-4,6-8,11H,1-2H2,(H,9,10)(H2,12,13,14)/t3-,4-,6-/m1/s1. The Hall–Kier alpha value is -0.540. The topological polar surface area (TPSA) is 165 Å². The third kappa shape index (κ3) is 6.13. The van der Waals surface area contributed by atoms with E-state index in [-0.39, 0.29) is 0 Å². The van der Waals surface area contributed by atoms with Gasteiger partial charge in [-0.1, -0.05) is 0 Å². The Morgan fingerprint density at radius 2 is 1.81 bits per heavy atom. The van der Waals surface area contributed by atoms with Crippen molar-refractivity contribution < 1.29 is 44.1 Å². The van der Waals surface area contributed by atoms with Crippen molar-refractivity contribution in [2.75, 3.05) is 6.61 Å². The SMILES string of the molecule is O=C(O)C[C@@H](OP(=O)(O)O)[C@H](O)[C@H](O)CO. The highest BCUT2D eigenvalue weighted by Crippen LogP contribution is 2.39. The lowest BCUT2D eigenvalue weighted by molar-refractivity contribution is -0.143. The van der Waals surface area contributed by atoms with E-state index < -0.39 is 45.1 Å². The van der Waals surface area contributed by atoms with Crippen molar-refractivity contribution in [3.63, 3.8) is 0 Å². The van der Waals surface area contributed by atoms with E-state index in [1.807, 2.05) is 0 Å². The molecule has 3 atom stereocenters. The average Bonchev–Trinajstić information content (AvgIpc) is 2.11. The summed E-state index contributed by atoms with van der Waals surface area (Å²) in [6.07, 6.45) is -6.42. The smallest absolute Gasteiger partial charge is 0.469 e. The molecule has 0 aliphatic heterocycles. The lowest BCUT2D eigenvalue weighted by atomic mass is 10.1. The third-order valence-corrected chi connectivity index (χ3v) is 2.16. The van der Waals surface area contributed by atoms with Crippen molar-refractivity contribution in [1.29, 1.82) is 0 Å². The van der Waals surface area contributed by atoms with E-state index in [0.29, 0.717) is 0 Å². The van der Waals surface area contributed by atoms with Crippen LogP contribution in [0.1, 0.15) is 6.42 Å². The molecule has 0 bridgehead atoms. The molecule has 0 spiro atoms. The van der Waals surface area contributed by atoms with Gasteiger partial charge < -0.3 is 30.2 Å². The monoisotopic (exact) mass is 260 g/mol. The number of rotatable bonds is 7. The second-order valence-electron chi connectivity index (χ2n) is 2.97. The van der Waals surface area contributed by atoms with Crippen LogP contribution >= 0.6 is 7.82 Å². The van der Waals surface area contributed by atoms with E-state index in [1.54, 1.807) is 0 Å². The first-order chi connectivity index (χ1) is 7.17. The number of carboxylic acids is 1. The molecule has 6 N–H and O–H groups in total. The predicted molar refractivity (Wildman–Crippen MR) is 48.3 cm³/mol. The summed E-state index contributed by atoms with van der Waals surface area (Å²) in [7, 11) is -5.00. The molecule has 0 saturated heterocycles. The molecule has 0 unspecified atom stereocenters. The van der Waals surface area contributed by atoms with Crippen molar-refractivity contribution in [3.8, 4) is 0 Å². The average molecular weight is 260 g/mol. The van der Waals surface area contributed by atoms with Crippen molar-refractivity contribution in [2.24, 2.45) is 0 Å². The maximum absolute atomic E-state index is 10.5. The van der Waals surface area contributed by atoms with Crippen molar-refractivity contribution in [2.45, 2.75) is 24.7 Å². The van der Waals surface area contributed by atoms with Crippen LogP contribution in [0, 0.1) is 0 Å². The summed E-state index contributed by atoms with van der Waals surface area (Å²) in [4.78, 5) is 27.2. The number of hydrogen-bond acceptors (Lipinski definition) is 6. The van der Waals surface area contributed by atoms with Gasteiger partial charge in [-0.3, -0.25) is 9.32 Å². The lowest BCUT2D eigenvalue weighted by Gasteiger charge is -2.24. The van der Waals surface area contributed by atoms with Crippen LogP contribution in [0.25, 0.3) is 0 Å². The Balaban J connectivity index is 4.66. The molecule has 0 radical (unpaired) electrons. The molecular formula is C6H13O9P. The van der Waals surface area contributed by atoms with Gasteiger partial charge in [0.05, 0.1) is 13.0 Å². The fraction of sp³-hybridized carbons (Fsp3) is 0.833. The molecular weight excluding hydrogens is 247 g/mol. The van der Waals surface area contributed by atoms with Crippen LogP contribution in [-0.4, -0.2) is 61.1 Å². The van der Waals surface area contributed by atoms with E-state index in [0.717, 1.165) is 0 Å². The Kier molecular flexibility index (Phi) is 6.05. The summed E-state index contributed by atoms with van der Waals surface area (Å²) < 4.78 is 14.5. The van der Waals surface area contributed by atoms with Crippen LogP contribution in [0.2, 0.25) is 0 Å². The molecule has 0 fully saturated rings. The molecule has 0 amide bonds. The van der Waals surface area contributed by atoms with E-state index in [2.05, 4.69) is 4.52 Å². The zero-order chi connectivity index (χ0) is 12.9. The number of aliphatic hydroxyl groups excluding tert-OH is 3. The predicted octanol–water partition coefficient (Wildman–Crippen LogP) is -2.35. The second-order valence-corrected chi connectivity index (χ2v) is 4.16. The van der Waals surface area contributed by atoms with Crippen LogP contribution in [-0.2, 0) is 13.9 Å². The summed E-state index contributed by atoms with van der Waals surface area (Å²) in [5, 5.41) is 35.1. The van der Waals surface area contributed by atoms with Gasteiger partial charge in [-0.2, -0.15) is 0 Å². The Morgan fingerprint density at radius 1 is 1.31 bits per heavy atom. The highest BCUT2D eigenvalue weighted by atomic mass is 31.2. The number of phosphoric acid groups is 1. The molecule has 0 aromatic heterocycles. The molecule has 0 aliphatic rings. The first kappa shape index (κ1) is 15.5. The quantitative estimate of drug-likeness (QED) is 0.275. The zero-order valence-corrected chi connectivity index (χ0v) is 8.90. The lowest BCUT2D eigenvalue weighted by Crippen LogP contribution is -2.41. The molecule has 0 rings (SSSR count).